The summed E-state index contributed by atoms with van der Waals surface area (Å²) in [6, 6.07) is 8.14. The third-order valence-corrected chi connectivity index (χ3v) is 5.16. The number of hydrogen-bond acceptors (Lipinski definition) is 4. The second-order valence-electron chi connectivity index (χ2n) is 5.44. The van der Waals surface area contributed by atoms with Crippen LogP contribution in [0.2, 0.25) is 0 Å². The van der Waals surface area contributed by atoms with Gasteiger partial charge in [0.15, 0.2) is 0 Å². The van der Waals surface area contributed by atoms with Gasteiger partial charge in [-0.1, -0.05) is 17.7 Å². The van der Waals surface area contributed by atoms with Crippen molar-refractivity contribution in [1.82, 2.24) is 0 Å². The van der Waals surface area contributed by atoms with Crippen LogP contribution in [0.4, 0.5) is 15.8 Å². The minimum absolute atomic E-state index is 0.0551. The molecule has 0 radical (unpaired) electrons. The quantitative estimate of drug-likeness (QED) is 0.844. The Morgan fingerprint density at radius 1 is 0.917 bits per heavy atom. The average molecular weight is 372 g/mol. The summed E-state index contributed by atoms with van der Waals surface area (Å²) in [6.07, 6.45) is 0.914. The standard InChI is InChI=1S/C15H17FN2O4S2/c1-10-4-6-14(11(2)8-10)18-24(21,22)15-7-5-12(9-13(15)16)17-23(3,19)20/h4-9,17-18H,1-3H3. The molecule has 0 fully saturated rings. The molecule has 2 aromatic carbocycles. The molecule has 9 heteroatoms. The van der Waals surface area contributed by atoms with E-state index in [4.69, 9.17) is 0 Å². The Hall–Kier alpha value is -2.13. The lowest BCUT2D eigenvalue weighted by Gasteiger charge is -2.12. The predicted molar refractivity (Wildman–Crippen MR) is 91.6 cm³/mol. The largest absolute Gasteiger partial charge is 0.284 e. The van der Waals surface area contributed by atoms with E-state index in [1.807, 2.05) is 6.92 Å². The number of rotatable bonds is 5. The van der Waals surface area contributed by atoms with Gasteiger partial charge >= 0.3 is 0 Å². The van der Waals surface area contributed by atoms with Gasteiger partial charge in [0.05, 0.1) is 17.6 Å². The Morgan fingerprint density at radius 2 is 1.58 bits per heavy atom. The fourth-order valence-corrected chi connectivity index (χ4v) is 3.87. The minimum Gasteiger partial charge on any atom is -0.284 e. The summed E-state index contributed by atoms with van der Waals surface area (Å²) in [4.78, 5) is -0.568. The van der Waals surface area contributed by atoms with Gasteiger partial charge in [0, 0.05) is 0 Å². The van der Waals surface area contributed by atoms with Crippen molar-refractivity contribution in [3.63, 3.8) is 0 Å². The number of halogens is 1. The van der Waals surface area contributed by atoms with Gasteiger partial charge < -0.3 is 0 Å². The molecule has 0 saturated heterocycles. The van der Waals surface area contributed by atoms with Crippen molar-refractivity contribution < 1.29 is 21.2 Å². The predicted octanol–water partition coefficient (Wildman–Crippen LogP) is 2.61. The molecule has 0 aromatic heterocycles. The Morgan fingerprint density at radius 3 is 2.12 bits per heavy atom. The van der Waals surface area contributed by atoms with Gasteiger partial charge in [-0.05, 0) is 43.7 Å². The van der Waals surface area contributed by atoms with Gasteiger partial charge in [0.1, 0.15) is 10.7 Å². The number of anilines is 2. The molecule has 2 aromatic rings. The maximum Gasteiger partial charge on any atom is 0.264 e. The van der Waals surface area contributed by atoms with Crippen LogP contribution >= 0.6 is 0 Å². The van der Waals surface area contributed by atoms with E-state index in [1.54, 1.807) is 25.1 Å². The zero-order valence-corrected chi connectivity index (χ0v) is 14.9. The Balaban J connectivity index is 2.35. The number of benzene rings is 2. The summed E-state index contributed by atoms with van der Waals surface area (Å²) in [5.74, 6) is -1.05. The van der Waals surface area contributed by atoms with Crippen molar-refractivity contribution in [2.24, 2.45) is 0 Å². The number of sulfonamides is 2. The van der Waals surface area contributed by atoms with Crippen molar-refractivity contribution in [2.45, 2.75) is 18.7 Å². The lowest BCUT2D eigenvalue weighted by Crippen LogP contribution is -2.16. The number of nitrogens with one attached hydrogen (secondary N) is 2. The van der Waals surface area contributed by atoms with Crippen molar-refractivity contribution in [3.8, 4) is 0 Å². The third-order valence-electron chi connectivity index (χ3n) is 3.15. The molecule has 0 aliphatic rings. The highest BCUT2D eigenvalue weighted by Crippen LogP contribution is 2.24. The highest BCUT2D eigenvalue weighted by molar-refractivity contribution is 7.92. The maximum atomic E-state index is 14.1. The summed E-state index contributed by atoms with van der Waals surface area (Å²) in [7, 11) is -7.72. The summed E-state index contributed by atoms with van der Waals surface area (Å²) >= 11 is 0. The van der Waals surface area contributed by atoms with Crippen LogP contribution in [0, 0.1) is 19.7 Å². The number of aryl methyl sites for hydroxylation is 2. The average Bonchev–Trinajstić information content (AvgIpc) is 2.39. The highest BCUT2D eigenvalue weighted by atomic mass is 32.2. The van der Waals surface area contributed by atoms with Crippen molar-refractivity contribution in [2.75, 3.05) is 15.7 Å². The molecular weight excluding hydrogens is 355 g/mol. The summed E-state index contributed by atoms with van der Waals surface area (Å²) in [6.45, 7) is 3.61. The lowest BCUT2D eigenvalue weighted by atomic mass is 10.1. The first-order valence-electron chi connectivity index (χ1n) is 6.85. The lowest BCUT2D eigenvalue weighted by molar-refractivity contribution is 0.571. The molecule has 130 valence electrons. The van der Waals surface area contributed by atoms with Gasteiger partial charge in [-0.25, -0.2) is 21.2 Å². The van der Waals surface area contributed by atoms with E-state index in [2.05, 4.69) is 9.44 Å². The SMILES string of the molecule is Cc1ccc(NS(=O)(=O)c2ccc(NS(C)(=O)=O)cc2F)c(C)c1. The molecular formula is C15H17FN2O4S2. The first-order valence-corrected chi connectivity index (χ1v) is 10.2. The monoisotopic (exact) mass is 372 g/mol. The first kappa shape index (κ1) is 18.2. The molecule has 0 amide bonds. The van der Waals surface area contributed by atoms with E-state index >= 15 is 0 Å². The zero-order chi connectivity index (χ0) is 18.1. The summed E-state index contributed by atoms with van der Waals surface area (Å²) in [5, 5.41) is 0. The van der Waals surface area contributed by atoms with Crippen LogP contribution in [0.3, 0.4) is 0 Å². The number of hydrogen-bond donors (Lipinski definition) is 2. The molecule has 0 unspecified atom stereocenters. The van der Waals surface area contributed by atoms with Gasteiger partial charge in [0.2, 0.25) is 10.0 Å². The van der Waals surface area contributed by atoms with Crippen LogP contribution < -0.4 is 9.44 Å². The molecule has 0 aliphatic carbocycles. The van der Waals surface area contributed by atoms with Crippen LogP contribution in [-0.4, -0.2) is 23.1 Å². The Labute approximate surface area is 140 Å². The van der Waals surface area contributed by atoms with Crippen LogP contribution in [0.1, 0.15) is 11.1 Å². The fraction of sp³-hybridized carbons (Fsp3) is 0.200. The molecule has 2 rings (SSSR count). The molecule has 0 bridgehead atoms. The van der Waals surface area contributed by atoms with Gasteiger partial charge in [-0.3, -0.25) is 9.44 Å². The third kappa shape index (κ3) is 4.45. The van der Waals surface area contributed by atoms with Crippen molar-refractivity contribution in [3.05, 3.63) is 53.3 Å². The van der Waals surface area contributed by atoms with Crippen molar-refractivity contribution >= 4 is 31.4 Å². The van der Waals surface area contributed by atoms with Gasteiger partial charge in [-0.2, -0.15) is 0 Å². The Kier molecular flexibility index (Phi) is 4.86. The second kappa shape index (κ2) is 6.40. The summed E-state index contributed by atoms with van der Waals surface area (Å²) < 4.78 is 65.6. The molecule has 0 atom stereocenters. The van der Waals surface area contributed by atoms with Crippen LogP contribution in [0.15, 0.2) is 41.3 Å². The van der Waals surface area contributed by atoms with E-state index < -0.39 is 30.8 Å². The van der Waals surface area contributed by atoms with E-state index in [1.165, 1.54) is 6.07 Å². The van der Waals surface area contributed by atoms with Crippen molar-refractivity contribution in [1.29, 1.82) is 0 Å². The van der Waals surface area contributed by atoms with Gasteiger partial charge in [0.25, 0.3) is 10.0 Å². The smallest absolute Gasteiger partial charge is 0.264 e. The zero-order valence-electron chi connectivity index (χ0n) is 13.3. The minimum atomic E-state index is -4.14. The van der Waals surface area contributed by atoms with Crippen LogP contribution in [0.25, 0.3) is 0 Å². The highest BCUT2D eigenvalue weighted by Gasteiger charge is 2.20. The topological polar surface area (TPSA) is 92.3 Å². The van der Waals surface area contributed by atoms with E-state index in [0.717, 1.165) is 24.0 Å². The molecule has 24 heavy (non-hydrogen) atoms. The van der Waals surface area contributed by atoms with Crippen LogP contribution in [0.5, 0.6) is 0 Å². The summed E-state index contributed by atoms with van der Waals surface area (Å²) in [5.41, 5.74) is 1.96. The fourth-order valence-electron chi connectivity index (χ4n) is 2.12. The second-order valence-corrected chi connectivity index (χ2v) is 8.84. The normalized spacial score (nSPS) is 12.0. The van der Waals surface area contributed by atoms with E-state index in [0.29, 0.717) is 11.3 Å². The van der Waals surface area contributed by atoms with E-state index in [-0.39, 0.29) is 5.69 Å². The van der Waals surface area contributed by atoms with Crippen LogP contribution in [-0.2, 0) is 20.0 Å². The van der Waals surface area contributed by atoms with E-state index in [9.17, 15) is 21.2 Å². The molecule has 0 spiro atoms. The molecule has 0 saturated carbocycles. The molecule has 2 N–H and O–H groups in total. The Bertz CT molecular complexity index is 987. The maximum absolute atomic E-state index is 14.1. The first-order chi connectivity index (χ1) is 11.0. The molecule has 0 heterocycles. The molecule has 6 nitrogen and oxygen atoms in total. The molecule has 0 aliphatic heterocycles. The van der Waals surface area contributed by atoms with Gasteiger partial charge in [-0.15, -0.1) is 0 Å².